The first-order valence-electron chi connectivity index (χ1n) is 10.4. The smallest absolute Gasteiger partial charge is 0.224 e. The molecule has 1 amide bonds. The van der Waals surface area contributed by atoms with Gasteiger partial charge in [0, 0.05) is 28.0 Å². The molecule has 0 saturated carbocycles. The molecule has 2 aliphatic heterocycles. The molecule has 8 heteroatoms. The molecular weight excluding hydrogens is 421 g/mol. The monoisotopic (exact) mass is 445 g/mol. The Balaban J connectivity index is 1.07. The number of fused-ring (bicyclic) bond motifs is 2. The highest BCUT2D eigenvalue weighted by atomic mass is 32.2. The molecule has 4 heterocycles. The molecule has 1 N–H and O–H groups in total. The highest BCUT2D eigenvalue weighted by Crippen LogP contribution is 2.34. The van der Waals surface area contributed by atoms with E-state index in [1.54, 1.807) is 6.07 Å². The van der Waals surface area contributed by atoms with E-state index in [-0.39, 0.29) is 11.7 Å². The Hall–Kier alpha value is -1.90. The van der Waals surface area contributed by atoms with Gasteiger partial charge in [-0.25, -0.2) is 4.39 Å². The van der Waals surface area contributed by atoms with Crippen molar-refractivity contribution in [2.24, 2.45) is 0 Å². The van der Waals surface area contributed by atoms with E-state index in [4.69, 9.17) is 4.52 Å². The van der Waals surface area contributed by atoms with Crippen molar-refractivity contribution in [3.05, 3.63) is 46.2 Å². The van der Waals surface area contributed by atoms with Crippen LogP contribution in [0.25, 0.3) is 11.0 Å². The summed E-state index contributed by atoms with van der Waals surface area (Å²) in [5.74, 6) is 1.33. The second-order valence-electron chi connectivity index (χ2n) is 7.99. The second kappa shape index (κ2) is 8.69. The van der Waals surface area contributed by atoms with E-state index in [0.29, 0.717) is 24.5 Å². The summed E-state index contributed by atoms with van der Waals surface area (Å²) < 4.78 is 20.0. The van der Waals surface area contributed by atoms with E-state index in [0.717, 1.165) is 55.7 Å². The number of thiophene rings is 1. The maximum Gasteiger partial charge on any atom is 0.224 e. The number of amides is 1. The van der Waals surface area contributed by atoms with E-state index < -0.39 is 0 Å². The van der Waals surface area contributed by atoms with Crippen molar-refractivity contribution in [3.8, 4) is 0 Å². The number of hydrogen-bond acceptors (Lipinski definition) is 6. The van der Waals surface area contributed by atoms with Crippen molar-refractivity contribution < 1.29 is 13.7 Å². The Morgan fingerprint density at radius 2 is 2.17 bits per heavy atom. The summed E-state index contributed by atoms with van der Waals surface area (Å²) in [5, 5.41) is 8.10. The molecule has 0 radical (unpaired) electrons. The average Bonchev–Trinajstić information content (AvgIpc) is 3.34. The number of halogens is 1. The third-order valence-electron chi connectivity index (χ3n) is 5.97. The fourth-order valence-electron chi connectivity index (χ4n) is 4.34. The van der Waals surface area contributed by atoms with Crippen molar-refractivity contribution in [1.29, 1.82) is 0 Å². The number of hydrogen-bond donors (Lipinski definition) is 1. The molecular formula is C22H24FN3O2S2. The van der Waals surface area contributed by atoms with Crippen molar-refractivity contribution >= 4 is 40.0 Å². The molecule has 0 spiro atoms. The minimum absolute atomic E-state index is 0.131. The molecule has 0 bridgehead atoms. The lowest BCUT2D eigenvalue weighted by Gasteiger charge is -2.31. The summed E-state index contributed by atoms with van der Waals surface area (Å²) in [7, 11) is 0. The number of carbonyl (C=O) groups excluding carboxylic acids is 1. The molecule has 1 saturated heterocycles. The van der Waals surface area contributed by atoms with Gasteiger partial charge in [0.15, 0.2) is 5.58 Å². The molecule has 5 nitrogen and oxygen atoms in total. The lowest BCUT2D eigenvalue weighted by atomic mass is 9.91. The largest absolute Gasteiger partial charge is 0.356 e. The second-order valence-corrected chi connectivity index (χ2v) is 10.5. The number of nitrogens with one attached hydrogen (secondary N) is 1. The molecule has 3 aromatic rings. The van der Waals surface area contributed by atoms with Crippen molar-refractivity contribution in [3.63, 3.8) is 0 Å². The highest BCUT2D eigenvalue weighted by molar-refractivity contribution is 8.01. The van der Waals surface area contributed by atoms with Gasteiger partial charge in [0.2, 0.25) is 5.91 Å². The summed E-state index contributed by atoms with van der Waals surface area (Å²) in [6, 6.07) is 6.88. The van der Waals surface area contributed by atoms with Crippen LogP contribution in [0.15, 0.2) is 33.0 Å². The third kappa shape index (κ3) is 4.26. The molecule has 1 aromatic carbocycles. The number of benzene rings is 1. The first kappa shape index (κ1) is 20.0. The molecule has 0 atom stereocenters. The molecule has 2 aromatic heterocycles. The summed E-state index contributed by atoms with van der Waals surface area (Å²) in [5.41, 5.74) is 2.73. The molecule has 0 aliphatic carbocycles. The van der Waals surface area contributed by atoms with Crippen LogP contribution in [0.2, 0.25) is 0 Å². The first-order valence-corrected chi connectivity index (χ1v) is 12.2. The molecule has 0 unspecified atom stereocenters. The van der Waals surface area contributed by atoms with Gasteiger partial charge in [-0.05, 0) is 62.7 Å². The lowest BCUT2D eigenvalue weighted by Crippen LogP contribution is -2.34. The summed E-state index contributed by atoms with van der Waals surface area (Å²) in [6.45, 7) is 3.91. The SMILES string of the molecule is O=C1Cc2cc(SCCCN3CCC(c4noc5cc(F)ccc45)CC3)sc2CN1. The van der Waals surface area contributed by atoms with Gasteiger partial charge < -0.3 is 14.7 Å². The Morgan fingerprint density at radius 3 is 3.03 bits per heavy atom. The van der Waals surface area contributed by atoms with E-state index in [1.807, 2.05) is 23.1 Å². The van der Waals surface area contributed by atoms with Crippen LogP contribution in [0.3, 0.4) is 0 Å². The number of aromatic nitrogens is 1. The van der Waals surface area contributed by atoms with E-state index in [1.165, 1.54) is 26.8 Å². The van der Waals surface area contributed by atoms with Crippen LogP contribution in [0.1, 0.15) is 41.3 Å². The number of rotatable bonds is 6. The van der Waals surface area contributed by atoms with Gasteiger partial charge in [-0.2, -0.15) is 0 Å². The number of piperidine rings is 1. The number of nitrogens with zero attached hydrogens (tertiary/aromatic N) is 2. The standard InChI is InChI=1S/C22H24FN3O2S2/c23-16-2-3-17-18(12-16)28-25-22(17)14-4-7-26(8-5-14)6-1-9-29-21-11-15-10-20(27)24-13-19(15)30-21/h2-3,11-12,14H,1,4-10,13H2,(H,24,27). The Morgan fingerprint density at radius 1 is 1.30 bits per heavy atom. The molecule has 1 fully saturated rings. The third-order valence-corrected chi connectivity index (χ3v) is 8.44. The fourth-order valence-corrected chi connectivity index (χ4v) is 6.68. The van der Waals surface area contributed by atoms with Gasteiger partial charge in [-0.3, -0.25) is 4.79 Å². The minimum Gasteiger partial charge on any atom is -0.356 e. The van der Waals surface area contributed by atoms with Crippen LogP contribution in [-0.4, -0.2) is 41.4 Å². The number of carbonyl (C=O) groups is 1. The zero-order valence-electron chi connectivity index (χ0n) is 16.7. The predicted octanol–water partition coefficient (Wildman–Crippen LogP) is 4.56. The number of likely N-dealkylation sites (tertiary alicyclic amines) is 1. The Bertz CT molecular complexity index is 1060. The van der Waals surface area contributed by atoms with E-state index in [2.05, 4.69) is 21.4 Å². The summed E-state index contributed by atoms with van der Waals surface area (Å²) in [6.07, 6.45) is 3.80. The molecule has 2 aliphatic rings. The highest BCUT2D eigenvalue weighted by Gasteiger charge is 2.25. The van der Waals surface area contributed by atoms with Gasteiger partial charge in [0.25, 0.3) is 0 Å². The maximum atomic E-state index is 13.4. The zero-order valence-corrected chi connectivity index (χ0v) is 18.3. The van der Waals surface area contributed by atoms with E-state index in [9.17, 15) is 9.18 Å². The van der Waals surface area contributed by atoms with Crippen molar-refractivity contribution in [1.82, 2.24) is 15.4 Å². The van der Waals surface area contributed by atoms with Crippen LogP contribution in [0, 0.1) is 5.82 Å². The maximum absolute atomic E-state index is 13.4. The summed E-state index contributed by atoms with van der Waals surface area (Å²) in [4.78, 5) is 15.3. The number of thioether (sulfide) groups is 1. The van der Waals surface area contributed by atoms with Gasteiger partial charge >= 0.3 is 0 Å². The summed E-state index contributed by atoms with van der Waals surface area (Å²) >= 11 is 3.72. The Kier molecular flexibility index (Phi) is 5.80. The van der Waals surface area contributed by atoms with Gasteiger partial charge in [-0.15, -0.1) is 23.1 Å². The Labute approximate surface area is 183 Å². The van der Waals surface area contributed by atoms with Crippen molar-refractivity contribution in [2.45, 2.75) is 42.4 Å². The van der Waals surface area contributed by atoms with Gasteiger partial charge in [0.05, 0.1) is 22.9 Å². The van der Waals surface area contributed by atoms with Crippen LogP contribution in [-0.2, 0) is 17.8 Å². The zero-order chi connectivity index (χ0) is 20.5. The van der Waals surface area contributed by atoms with Crippen LogP contribution < -0.4 is 5.32 Å². The molecule has 5 rings (SSSR count). The molecule has 158 valence electrons. The van der Waals surface area contributed by atoms with E-state index >= 15 is 0 Å². The molecule has 30 heavy (non-hydrogen) atoms. The van der Waals surface area contributed by atoms with Crippen LogP contribution in [0.5, 0.6) is 0 Å². The first-order chi connectivity index (χ1) is 14.7. The predicted molar refractivity (Wildman–Crippen MR) is 118 cm³/mol. The van der Waals surface area contributed by atoms with Gasteiger partial charge in [-0.1, -0.05) is 5.16 Å². The quantitative estimate of drug-likeness (QED) is 0.445. The van der Waals surface area contributed by atoms with Gasteiger partial charge in [0.1, 0.15) is 5.82 Å². The normalized spacial score (nSPS) is 18.0. The lowest BCUT2D eigenvalue weighted by molar-refractivity contribution is -0.121. The topological polar surface area (TPSA) is 58.4 Å². The van der Waals surface area contributed by atoms with Crippen LogP contribution in [0.4, 0.5) is 4.39 Å². The van der Waals surface area contributed by atoms with Crippen LogP contribution >= 0.6 is 23.1 Å². The van der Waals surface area contributed by atoms with Crippen molar-refractivity contribution in [2.75, 3.05) is 25.4 Å². The average molecular weight is 446 g/mol. The fraction of sp³-hybridized carbons (Fsp3) is 0.455. The minimum atomic E-state index is -0.286.